The Balaban J connectivity index is 0.00000576. The highest BCUT2D eigenvalue weighted by molar-refractivity contribution is 14.0. The molecule has 1 aromatic rings. The number of methoxy groups -OCH3 is 1. The van der Waals surface area contributed by atoms with Crippen LogP contribution in [0, 0.1) is 5.82 Å². The average Bonchev–Trinajstić information content (AvgIpc) is 2.58. The Bertz CT molecular complexity index is 471. The van der Waals surface area contributed by atoms with E-state index in [1.54, 1.807) is 7.11 Å². The molecule has 1 aromatic carbocycles. The molecule has 0 spiro atoms. The summed E-state index contributed by atoms with van der Waals surface area (Å²) in [7, 11) is 3.81. The number of likely N-dealkylation sites (N-methyl/N-ethyl adjacent to an activating group) is 1. The van der Waals surface area contributed by atoms with Gasteiger partial charge < -0.3 is 20.3 Å². The minimum absolute atomic E-state index is 0. The average molecular weight is 466 g/mol. The SMILES string of the molecule is CCNC(=NCCCN(C)CCOC)NCCc1ccc(F)cc1.I. The van der Waals surface area contributed by atoms with Crippen LogP contribution in [0.4, 0.5) is 4.39 Å². The highest BCUT2D eigenvalue weighted by Gasteiger charge is 2.00. The maximum absolute atomic E-state index is 12.9. The Morgan fingerprint density at radius 1 is 1.20 bits per heavy atom. The summed E-state index contributed by atoms with van der Waals surface area (Å²) in [5, 5.41) is 6.56. The van der Waals surface area contributed by atoms with E-state index >= 15 is 0 Å². The fourth-order valence-corrected chi connectivity index (χ4v) is 2.21. The Morgan fingerprint density at radius 2 is 1.92 bits per heavy atom. The normalized spacial score (nSPS) is 11.3. The van der Waals surface area contributed by atoms with Crippen molar-refractivity contribution in [1.29, 1.82) is 0 Å². The zero-order valence-corrected chi connectivity index (χ0v) is 17.9. The van der Waals surface area contributed by atoms with Crippen molar-refractivity contribution in [3.05, 3.63) is 35.6 Å². The van der Waals surface area contributed by atoms with Crippen molar-refractivity contribution in [1.82, 2.24) is 15.5 Å². The van der Waals surface area contributed by atoms with Gasteiger partial charge in [0.05, 0.1) is 6.61 Å². The molecule has 25 heavy (non-hydrogen) atoms. The molecule has 0 bridgehead atoms. The van der Waals surface area contributed by atoms with Gasteiger partial charge in [-0.2, -0.15) is 0 Å². The maximum atomic E-state index is 12.9. The Labute approximate surface area is 168 Å². The summed E-state index contributed by atoms with van der Waals surface area (Å²) in [6.45, 7) is 7.13. The lowest BCUT2D eigenvalue weighted by Gasteiger charge is -2.15. The molecule has 0 aromatic heterocycles. The molecule has 5 nitrogen and oxygen atoms in total. The van der Waals surface area contributed by atoms with Gasteiger partial charge in [-0.05, 0) is 51.1 Å². The van der Waals surface area contributed by atoms with E-state index in [0.29, 0.717) is 0 Å². The summed E-state index contributed by atoms with van der Waals surface area (Å²) in [4.78, 5) is 6.83. The summed E-state index contributed by atoms with van der Waals surface area (Å²) >= 11 is 0. The molecule has 0 heterocycles. The molecule has 0 saturated carbocycles. The third kappa shape index (κ3) is 12.1. The van der Waals surface area contributed by atoms with Gasteiger partial charge >= 0.3 is 0 Å². The molecule has 0 amide bonds. The number of benzene rings is 1. The molecule has 144 valence electrons. The lowest BCUT2D eigenvalue weighted by Crippen LogP contribution is -2.38. The third-order valence-corrected chi connectivity index (χ3v) is 3.61. The summed E-state index contributed by atoms with van der Waals surface area (Å²) in [6, 6.07) is 6.62. The minimum Gasteiger partial charge on any atom is -0.383 e. The van der Waals surface area contributed by atoms with E-state index in [9.17, 15) is 4.39 Å². The number of ether oxygens (including phenoxy) is 1. The molecule has 0 aliphatic rings. The van der Waals surface area contributed by atoms with Crippen LogP contribution in [0.15, 0.2) is 29.3 Å². The fourth-order valence-electron chi connectivity index (χ4n) is 2.21. The highest BCUT2D eigenvalue weighted by Crippen LogP contribution is 2.02. The van der Waals surface area contributed by atoms with Crippen LogP contribution in [0.2, 0.25) is 0 Å². The molecule has 1 rings (SSSR count). The van der Waals surface area contributed by atoms with Gasteiger partial charge in [0.2, 0.25) is 0 Å². The molecule has 0 saturated heterocycles. The van der Waals surface area contributed by atoms with Crippen molar-refractivity contribution >= 4 is 29.9 Å². The summed E-state index contributed by atoms with van der Waals surface area (Å²) in [5.41, 5.74) is 1.11. The van der Waals surface area contributed by atoms with Crippen LogP contribution in [-0.4, -0.2) is 64.3 Å². The first-order valence-electron chi connectivity index (χ1n) is 8.59. The van der Waals surface area contributed by atoms with Crippen molar-refractivity contribution in [2.45, 2.75) is 19.8 Å². The lowest BCUT2D eigenvalue weighted by atomic mass is 10.1. The van der Waals surface area contributed by atoms with Crippen molar-refractivity contribution < 1.29 is 9.13 Å². The number of aliphatic imine (C=N–C) groups is 1. The number of guanidine groups is 1. The molecule has 0 radical (unpaired) electrons. The second-order valence-electron chi connectivity index (χ2n) is 5.71. The smallest absolute Gasteiger partial charge is 0.191 e. The molecule has 2 N–H and O–H groups in total. The van der Waals surface area contributed by atoms with Gasteiger partial charge in [-0.3, -0.25) is 4.99 Å². The van der Waals surface area contributed by atoms with Gasteiger partial charge in [-0.25, -0.2) is 4.39 Å². The number of nitrogens with zero attached hydrogens (tertiary/aromatic N) is 2. The number of hydrogen-bond acceptors (Lipinski definition) is 3. The second-order valence-corrected chi connectivity index (χ2v) is 5.71. The Morgan fingerprint density at radius 3 is 2.56 bits per heavy atom. The first-order valence-corrected chi connectivity index (χ1v) is 8.59. The fraction of sp³-hybridized carbons (Fsp3) is 0.611. The molecular formula is C18H32FIN4O. The first-order chi connectivity index (χ1) is 11.7. The van der Waals surface area contributed by atoms with Crippen molar-refractivity contribution in [2.75, 3.05) is 53.5 Å². The van der Waals surface area contributed by atoms with E-state index in [4.69, 9.17) is 4.74 Å². The van der Waals surface area contributed by atoms with Crippen LogP contribution in [0.5, 0.6) is 0 Å². The lowest BCUT2D eigenvalue weighted by molar-refractivity contribution is 0.161. The quantitative estimate of drug-likeness (QED) is 0.228. The van der Waals surface area contributed by atoms with Crippen LogP contribution in [0.25, 0.3) is 0 Å². The molecule has 7 heteroatoms. The van der Waals surface area contributed by atoms with Crippen LogP contribution in [-0.2, 0) is 11.2 Å². The summed E-state index contributed by atoms with van der Waals surface area (Å²) in [5.74, 6) is 0.635. The third-order valence-electron chi connectivity index (χ3n) is 3.61. The van der Waals surface area contributed by atoms with Gasteiger partial charge in [-0.15, -0.1) is 24.0 Å². The summed E-state index contributed by atoms with van der Waals surface area (Å²) < 4.78 is 17.9. The van der Waals surface area contributed by atoms with E-state index < -0.39 is 0 Å². The van der Waals surface area contributed by atoms with Crippen LogP contribution < -0.4 is 10.6 Å². The van der Waals surface area contributed by atoms with Gasteiger partial charge in [0.15, 0.2) is 5.96 Å². The summed E-state index contributed by atoms with van der Waals surface area (Å²) in [6.07, 6.45) is 1.85. The molecule has 0 unspecified atom stereocenters. The molecule has 0 aliphatic carbocycles. The van der Waals surface area contributed by atoms with E-state index in [1.807, 2.05) is 12.1 Å². The van der Waals surface area contributed by atoms with Gasteiger partial charge in [-0.1, -0.05) is 12.1 Å². The predicted molar refractivity (Wildman–Crippen MR) is 113 cm³/mol. The Hall–Kier alpha value is -0.930. The molecular weight excluding hydrogens is 434 g/mol. The zero-order chi connectivity index (χ0) is 17.6. The number of rotatable bonds is 11. The highest BCUT2D eigenvalue weighted by atomic mass is 127. The predicted octanol–water partition coefficient (Wildman–Crippen LogP) is 2.51. The van der Waals surface area contributed by atoms with Crippen LogP contribution in [0.3, 0.4) is 0 Å². The van der Waals surface area contributed by atoms with Crippen molar-refractivity contribution in [3.63, 3.8) is 0 Å². The monoisotopic (exact) mass is 466 g/mol. The van der Waals surface area contributed by atoms with Crippen LogP contribution >= 0.6 is 24.0 Å². The molecule has 0 fully saturated rings. The van der Waals surface area contributed by atoms with E-state index in [2.05, 4.69) is 34.5 Å². The van der Waals surface area contributed by atoms with E-state index in [-0.39, 0.29) is 29.8 Å². The Kier molecular flexibility index (Phi) is 14.8. The number of hydrogen-bond donors (Lipinski definition) is 2. The second kappa shape index (κ2) is 15.3. The maximum Gasteiger partial charge on any atom is 0.191 e. The first kappa shape index (κ1) is 24.1. The number of halogens is 2. The van der Waals surface area contributed by atoms with Gasteiger partial charge in [0, 0.05) is 33.3 Å². The van der Waals surface area contributed by atoms with E-state index in [1.165, 1.54) is 12.1 Å². The van der Waals surface area contributed by atoms with Crippen molar-refractivity contribution in [3.8, 4) is 0 Å². The van der Waals surface area contributed by atoms with Crippen LogP contribution in [0.1, 0.15) is 18.9 Å². The topological polar surface area (TPSA) is 48.9 Å². The number of nitrogens with one attached hydrogen (secondary N) is 2. The molecule has 0 aliphatic heterocycles. The molecule has 0 atom stereocenters. The minimum atomic E-state index is -0.197. The van der Waals surface area contributed by atoms with E-state index in [0.717, 1.165) is 63.7 Å². The largest absolute Gasteiger partial charge is 0.383 e. The van der Waals surface area contributed by atoms with Gasteiger partial charge in [0.1, 0.15) is 5.82 Å². The zero-order valence-electron chi connectivity index (χ0n) is 15.6. The van der Waals surface area contributed by atoms with Crippen molar-refractivity contribution in [2.24, 2.45) is 4.99 Å². The van der Waals surface area contributed by atoms with Gasteiger partial charge in [0.25, 0.3) is 0 Å². The standard InChI is InChI=1S/C18H31FN4O.HI/c1-4-20-18(21-11-5-13-23(2)14-15-24-3)22-12-10-16-6-8-17(19)9-7-16;/h6-9H,4-5,10-15H2,1-3H3,(H2,20,21,22);1H.